The summed E-state index contributed by atoms with van der Waals surface area (Å²) in [6.45, 7) is 5.02. The molecule has 1 fully saturated rings. The van der Waals surface area contributed by atoms with Crippen LogP contribution in [0.2, 0.25) is 0 Å². The first-order valence-electron chi connectivity index (χ1n) is 6.90. The van der Waals surface area contributed by atoms with Crippen LogP contribution in [0.15, 0.2) is 6.07 Å². The summed E-state index contributed by atoms with van der Waals surface area (Å²) in [6, 6.07) is 1.52. The molecule has 1 unspecified atom stereocenters. The highest BCUT2D eigenvalue weighted by Crippen LogP contribution is 2.37. The smallest absolute Gasteiger partial charge is 0.370 e. The summed E-state index contributed by atoms with van der Waals surface area (Å²) in [4.78, 5) is 7.08. The van der Waals surface area contributed by atoms with Crippen molar-refractivity contribution in [3.63, 3.8) is 0 Å². The molecule has 1 saturated heterocycles. The van der Waals surface area contributed by atoms with E-state index in [0.29, 0.717) is 13.1 Å². The van der Waals surface area contributed by atoms with Crippen LogP contribution in [0, 0.1) is 0 Å². The lowest BCUT2D eigenvalue weighted by Crippen LogP contribution is -2.28. The zero-order chi connectivity index (χ0) is 15.5. The Morgan fingerprint density at radius 3 is 2.48 bits per heavy atom. The monoisotopic (exact) mass is 320 g/mol. The van der Waals surface area contributed by atoms with Crippen molar-refractivity contribution in [1.82, 2.24) is 9.97 Å². The fourth-order valence-corrected chi connectivity index (χ4v) is 3.43. The second kappa shape index (κ2) is 6.29. The van der Waals surface area contributed by atoms with Gasteiger partial charge in [0.1, 0.15) is 11.6 Å². The van der Waals surface area contributed by atoms with Gasteiger partial charge in [0.15, 0.2) is 0 Å². The van der Waals surface area contributed by atoms with Crippen LogP contribution >= 0.6 is 11.8 Å². The van der Waals surface area contributed by atoms with Crippen molar-refractivity contribution in [1.29, 1.82) is 0 Å². The molecule has 2 heterocycles. The van der Waals surface area contributed by atoms with Crippen LogP contribution in [0.25, 0.3) is 0 Å². The highest BCUT2D eigenvalue weighted by molar-refractivity contribution is 8.00. The SMILES string of the molecule is CCNc1cc(NCC2(C)CCCS2)nc(C(F)(F)F)n1. The molecule has 0 radical (unpaired) electrons. The Morgan fingerprint density at radius 1 is 1.29 bits per heavy atom. The van der Waals surface area contributed by atoms with Crippen LogP contribution < -0.4 is 10.6 Å². The highest BCUT2D eigenvalue weighted by Gasteiger charge is 2.36. The van der Waals surface area contributed by atoms with E-state index in [2.05, 4.69) is 27.5 Å². The van der Waals surface area contributed by atoms with E-state index in [0.717, 1.165) is 18.6 Å². The molecule has 0 aromatic carbocycles. The normalized spacial score (nSPS) is 22.3. The Balaban J connectivity index is 2.15. The molecule has 4 nitrogen and oxygen atoms in total. The van der Waals surface area contributed by atoms with E-state index in [-0.39, 0.29) is 16.4 Å². The number of aromatic nitrogens is 2. The maximum Gasteiger partial charge on any atom is 0.451 e. The second-order valence-electron chi connectivity index (χ2n) is 5.25. The van der Waals surface area contributed by atoms with Gasteiger partial charge < -0.3 is 10.6 Å². The van der Waals surface area contributed by atoms with Gasteiger partial charge >= 0.3 is 6.18 Å². The van der Waals surface area contributed by atoms with Crippen LogP contribution in [0.3, 0.4) is 0 Å². The van der Waals surface area contributed by atoms with Gasteiger partial charge in [0.05, 0.1) is 0 Å². The largest absolute Gasteiger partial charge is 0.451 e. The third-order valence-corrected chi connectivity index (χ3v) is 4.82. The Labute approximate surface area is 126 Å². The van der Waals surface area contributed by atoms with E-state index in [1.165, 1.54) is 6.07 Å². The topological polar surface area (TPSA) is 49.8 Å². The van der Waals surface area contributed by atoms with Crippen LogP contribution in [-0.4, -0.2) is 33.6 Å². The molecule has 21 heavy (non-hydrogen) atoms. The van der Waals surface area contributed by atoms with Crippen molar-refractivity contribution in [3.8, 4) is 0 Å². The first kappa shape index (κ1) is 16.2. The molecule has 0 spiro atoms. The second-order valence-corrected chi connectivity index (χ2v) is 6.93. The van der Waals surface area contributed by atoms with Crippen molar-refractivity contribution in [2.45, 2.75) is 37.6 Å². The fourth-order valence-electron chi connectivity index (χ4n) is 2.19. The van der Waals surface area contributed by atoms with Gasteiger partial charge in [-0.1, -0.05) is 0 Å². The minimum Gasteiger partial charge on any atom is -0.370 e. The predicted molar refractivity (Wildman–Crippen MR) is 79.8 cm³/mol. The number of alkyl halides is 3. The van der Waals surface area contributed by atoms with Gasteiger partial charge in [-0.3, -0.25) is 0 Å². The number of thioether (sulfide) groups is 1. The van der Waals surface area contributed by atoms with E-state index in [9.17, 15) is 13.2 Å². The zero-order valence-corrected chi connectivity index (χ0v) is 12.9. The molecular weight excluding hydrogens is 301 g/mol. The lowest BCUT2D eigenvalue weighted by atomic mass is 10.1. The third kappa shape index (κ3) is 4.39. The molecule has 1 aliphatic rings. The van der Waals surface area contributed by atoms with Gasteiger partial charge in [-0.15, -0.1) is 0 Å². The van der Waals surface area contributed by atoms with E-state index in [1.807, 2.05) is 11.8 Å². The number of rotatable bonds is 5. The Kier molecular flexibility index (Phi) is 4.85. The van der Waals surface area contributed by atoms with Crippen molar-refractivity contribution >= 4 is 23.4 Å². The zero-order valence-electron chi connectivity index (χ0n) is 12.0. The summed E-state index contributed by atoms with van der Waals surface area (Å²) in [5.74, 6) is 0.375. The van der Waals surface area contributed by atoms with Crippen LogP contribution in [0.4, 0.5) is 24.8 Å². The minimum absolute atomic E-state index is 0.0572. The first-order chi connectivity index (χ1) is 9.82. The Morgan fingerprint density at radius 2 is 1.95 bits per heavy atom. The lowest BCUT2D eigenvalue weighted by Gasteiger charge is -2.23. The molecule has 2 N–H and O–H groups in total. The van der Waals surface area contributed by atoms with E-state index in [4.69, 9.17) is 0 Å². The van der Waals surface area contributed by atoms with Gasteiger partial charge in [0.25, 0.3) is 0 Å². The van der Waals surface area contributed by atoms with Gasteiger partial charge in [0.2, 0.25) is 5.82 Å². The molecule has 1 atom stereocenters. The molecule has 0 bridgehead atoms. The first-order valence-corrected chi connectivity index (χ1v) is 7.89. The van der Waals surface area contributed by atoms with Crippen molar-refractivity contribution in [2.75, 3.05) is 29.5 Å². The molecule has 1 aromatic heterocycles. The molecule has 8 heteroatoms. The summed E-state index contributed by atoms with van der Waals surface area (Å²) in [5.41, 5.74) is 0. The third-order valence-electron chi connectivity index (χ3n) is 3.28. The molecule has 1 aliphatic heterocycles. The highest BCUT2D eigenvalue weighted by atomic mass is 32.2. The van der Waals surface area contributed by atoms with E-state index >= 15 is 0 Å². The quantitative estimate of drug-likeness (QED) is 0.868. The summed E-state index contributed by atoms with van der Waals surface area (Å²) >= 11 is 1.84. The molecule has 0 aliphatic carbocycles. The van der Waals surface area contributed by atoms with E-state index < -0.39 is 12.0 Å². The average Bonchev–Trinajstić information content (AvgIpc) is 2.83. The molecule has 2 rings (SSSR count). The molecular formula is C13H19F3N4S. The maximum atomic E-state index is 12.8. The van der Waals surface area contributed by atoms with Gasteiger partial charge in [-0.25, -0.2) is 9.97 Å². The van der Waals surface area contributed by atoms with Gasteiger partial charge in [0, 0.05) is 23.9 Å². The molecule has 1 aromatic rings. The summed E-state index contributed by atoms with van der Waals surface area (Å²) < 4.78 is 38.5. The Bertz CT molecular complexity index is 487. The molecule has 0 saturated carbocycles. The number of hydrogen-bond donors (Lipinski definition) is 2. The minimum atomic E-state index is -4.55. The summed E-state index contributed by atoms with van der Waals surface area (Å²) in [7, 11) is 0. The standard InChI is InChI=1S/C13H19F3N4S/c1-3-17-9-7-10(20-11(19-9)13(14,15)16)18-8-12(2)5-4-6-21-12/h7H,3-6,8H2,1-2H3,(H2,17,18,19,20). The molecule has 118 valence electrons. The maximum absolute atomic E-state index is 12.8. The average molecular weight is 320 g/mol. The predicted octanol–water partition coefficient (Wildman–Crippen LogP) is 3.62. The van der Waals surface area contributed by atoms with Gasteiger partial charge in [-0.2, -0.15) is 24.9 Å². The van der Waals surface area contributed by atoms with Crippen molar-refractivity contribution < 1.29 is 13.2 Å². The Hall–Kier alpha value is -1.18. The van der Waals surface area contributed by atoms with Crippen LogP contribution in [-0.2, 0) is 6.18 Å². The number of anilines is 2. The van der Waals surface area contributed by atoms with Crippen molar-refractivity contribution in [2.24, 2.45) is 0 Å². The lowest BCUT2D eigenvalue weighted by molar-refractivity contribution is -0.144. The molecule has 0 amide bonds. The van der Waals surface area contributed by atoms with Gasteiger partial charge in [-0.05, 0) is 32.4 Å². The van der Waals surface area contributed by atoms with Crippen LogP contribution in [0.5, 0.6) is 0 Å². The summed E-state index contributed by atoms with van der Waals surface area (Å²) in [6.07, 6.45) is -2.35. The fraction of sp³-hybridized carbons (Fsp3) is 0.692. The van der Waals surface area contributed by atoms with Crippen LogP contribution in [0.1, 0.15) is 32.5 Å². The summed E-state index contributed by atoms with van der Waals surface area (Å²) in [5, 5.41) is 5.83. The number of nitrogens with zero attached hydrogens (tertiary/aromatic N) is 2. The number of hydrogen-bond acceptors (Lipinski definition) is 5. The number of nitrogens with one attached hydrogen (secondary N) is 2. The van der Waals surface area contributed by atoms with E-state index in [1.54, 1.807) is 6.92 Å². The number of halogens is 3. The van der Waals surface area contributed by atoms with Crippen molar-refractivity contribution in [3.05, 3.63) is 11.9 Å².